The van der Waals surface area contributed by atoms with E-state index in [-0.39, 0.29) is 24.4 Å². The molecule has 3 aromatic carbocycles. The van der Waals surface area contributed by atoms with Crippen LogP contribution in [0, 0.1) is 13.8 Å². The third-order valence-corrected chi connectivity index (χ3v) is 11.0. The SMILES string of the molecule is Cc1cc(C)cc(CC(=O)CN2CCCC(N3CCN(C4CCN(C(=O)c5cc(C(F)(F)F)cc(C(F)(F)F)c5)C(Cc5ccccc5)C4)CC3)C2)c1. The third kappa shape index (κ3) is 10.1. The fraction of sp³-hybridized carbons (Fsp3) is 0.512. The van der Waals surface area contributed by atoms with Crippen LogP contribution in [0.4, 0.5) is 26.3 Å². The largest absolute Gasteiger partial charge is 0.416 e. The van der Waals surface area contributed by atoms with Crippen molar-refractivity contribution >= 4 is 11.7 Å². The van der Waals surface area contributed by atoms with E-state index in [0.29, 0.717) is 50.4 Å². The van der Waals surface area contributed by atoms with Crippen LogP contribution in [0.2, 0.25) is 0 Å². The number of aryl methyl sites for hydroxylation is 2. The second kappa shape index (κ2) is 16.3. The topological polar surface area (TPSA) is 47.1 Å². The Morgan fingerprint density at radius 3 is 1.91 bits per heavy atom. The Morgan fingerprint density at radius 2 is 1.30 bits per heavy atom. The lowest BCUT2D eigenvalue weighted by molar-refractivity contribution is -0.143. The number of piperidine rings is 2. The van der Waals surface area contributed by atoms with Gasteiger partial charge in [-0.1, -0.05) is 59.7 Å². The summed E-state index contributed by atoms with van der Waals surface area (Å²) in [7, 11) is 0. The first-order valence-electron chi connectivity index (χ1n) is 18.6. The van der Waals surface area contributed by atoms with Crippen molar-refractivity contribution in [2.45, 2.75) is 82.9 Å². The van der Waals surface area contributed by atoms with Crippen molar-refractivity contribution in [3.8, 4) is 0 Å². The average Bonchev–Trinajstić information content (AvgIpc) is 3.10. The summed E-state index contributed by atoms with van der Waals surface area (Å²) in [5.41, 5.74) is 0.731. The van der Waals surface area contributed by atoms with Gasteiger partial charge in [-0.25, -0.2) is 0 Å². The molecule has 3 fully saturated rings. The first-order valence-corrected chi connectivity index (χ1v) is 18.6. The van der Waals surface area contributed by atoms with Gasteiger partial charge < -0.3 is 4.90 Å². The zero-order valence-corrected chi connectivity index (χ0v) is 30.4. The third-order valence-electron chi connectivity index (χ3n) is 11.0. The minimum Gasteiger partial charge on any atom is -0.335 e. The summed E-state index contributed by atoms with van der Waals surface area (Å²) in [5, 5.41) is 0. The minimum atomic E-state index is -5.04. The number of carbonyl (C=O) groups is 2. The molecule has 0 saturated carbocycles. The van der Waals surface area contributed by atoms with Crippen molar-refractivity contribution in [3.63, 3.8) is 0 Å². The van der Waals surface area contributed by atoms with Crippen LogP contribution in [0.5, 0.6) is 0 Å². The van der Waals surface area contributed by atoms with Crippen molar-refractivity contribution < 1.29 is 35.9 Å². The minimum absolute atomic E-state index is 0.0574. The second-order valence-corrected chi connectivity index (χ2v) is 15.1. The number of nitrogens with zero attached hydrogens (tertiary/aromatic N) is 4. The van der Waals surface area contributed by atoms with Gasteiger partial charge in [0.1, 0.15) is 0 Å². The van der Waals surface area contributed by atoms with E-state index < -0.39 is 41.0 Å². The number of piperazine rings is 1. The number of hydrogen-bond donors (Lipinski definition) is 0. The quantitative estimate of drug-likeness (QED) is 0.213. The molecule has 0 aliphatic carbocycles. The first kappa shape index (κ1) is 39.0. The predicted molar refractivity (Wildman–Crippen MR) is 192 cm³/mol. The van der Waals surface area contributed by atoms with Gasteiger partial charge in [-0.3, -0.25) is 24.3 Å². The van der Waals surface area contributed by atoms with Gasteiger partial charge >= 0.3 is 12.4 Å². The van der Waals surface area contributed by atoms with Gasteiger partial charge in [0, 0.05) is 69.4 Å². The molecule has 3 unspecified atom stereocenters. The van der Waals surface area contributed by atoms with Crippen LogP contribution in [0.1, 0.15) is 69.4 Å². The maximum Gasteiger partial charge on any atom is 0.416 e. The number of Topliss-reactive ketones (excluding diaryl/α,β-unsaturated/α-hetero) is 1. The lowest BCUT2D eigenvalue weighted by Gasteiger charge is -2.48. The van der Waals surface area contributed by atoms with Crippen molar-refractivity contribution in [1.29, 1.82) is 0 Å². The summed E-state index contributed by atoms with van der Waals surface area (Å²) in [6.07, 6.45) is -5.96. The van der Waals surface area contributed by atoms with Crippen LogP contribution in [0.3, 0.4) is 0 Å². The summed E-state index contributed by atoms with van der Waals surface area (Å²) in [6, 6.07) is 16.9. The van der Waals surface area contributed by atoms with E-state index in [1.54, 1.807) is 0 Å². The number of amides is 1. The molecule has 1 amide bonds. The van der Waals surface area contributed by atoms with E-state index in [9.17, 15) is 35.9 Å². The van der Waals surface area contributed by atoms with E-state index in [4.69, 9.17) is 0 Å². The monoisotopic (exact) mass is 742 g/mol. The molecule has 6 nitrogen and oxygen atoms in total. The second-order valence-electron chi connectivity index (χ2n) is 15.1. The Hall–Kier alpha value is -3.74. The van der Waals surface area contributed by atoms with E-state index in [1.807, 2.05) is 44.2 Å². The van der Waals surface area contributed by atoms with E-state index in [0.717, 1.165) is 74.4 Å². The highest BCUT2D eigenvalue weighted by molar-refractivity contribution is 5.95. The molecule has 0 aromatic heterocycles. The molecule has 3 atom stereocenters. The van der Waals surface area contributed by atoms with Crippen LogP contribution in [0.25, 0.3) is 0 Å². The molecular weight excluding hydrogens is 694 g/mol. The average molecular weight is 743 g/mol. The van der Waals surface area contributed by atoms with Gasteiger partial charge in [-0.05, 0) is 81.8 Å². The number of hydrogen-bond acceptors (Lipinski definition) is 5. The maximum absolute atomic E-state index is 13.8. The molecule has 3 aliphatic rings. The Morgan fingerprint density at radius 1 is 0.698 bits per heavy atom. The number of rotatable bonds is 9. The number of carbonyl (C=O) groups excluding carboxylic acids is 2. The van der Waals surface area contributed by atoms with Gasteiger partial charge in [0.05, 0.1) is 17.7 Å². The van der Waals surface area contributed by atoms with Gasteiger partial charge in [0.25, 0.3) is 5.91 Å². The summed E-state index contributed by atoms with van der Waals surface area (Å²) in [5.74, 6) is -0.593. The Labute approximate surface area is 307 Å². The van der Waals surface area contributed by atoms with Gasteiger partial charge in [-0.2, -0.15) is 26.3 Å². The van der Waals surface area contributed by atoms with Gasteiger partial charge in [0.2, 0.25) is 0 Å². The highest BCUT2D eigenvalue weighted by atomic mass is 19.4. The smallest absolute Gasteiger partial charge is 0.335 e. The number of likely N-dealkylation sites (tertiary alicyclic amines) is 2. The fourth-order valence-electron chi connectivity index (χ4n) is 8.60. The lowest BCUT2D eigenvalue weighted by Crippen LogP contribution is -2.59. The predicted octanol–water partition coefficient (Wildman–Crippen LogP) is 7.45. The van der Waals surface area contributed by atoms with Crippen LogP contribution in [-0.4, -0.2) is 102 Å². The summed E-state index contributed by atoms with van der Waals surface area (Å²) < 4.78 is 81.9. The molecule has 0 radical (unpaired) electrons. The summed E-state index contributed by atoms with van der Waals surface area (Å²) in [6.45, 7) is 9.90. The van der Waals surface area contributed by atoms with Crippen LogP contribution >= 0.6 is 0 Å². The standard InChI is InChI=1S/C41H48F6N4O2/c1-28-17-29(2)19-31(18-28)21-38(52)27-48-11-6-9-36(26-48)50-15-13-49(14-16-50)35-10-12-51(37(25-35)20-30-7-4-3-5-8-30)39(53)32-22-33(40(42,43)44)24-34(23-32)41(45,46)47/h3-5,7-8,17-19,22-24,35-37H,6,9-16,20-21,25-27H2,1-2H3. The van der Waals surface area contributed by atoms with Gasteiger partial charge in [-0.15, -0.1) is 0 Å². The number of benzene rings is 3. The Bertz CT molecular complexity index is 1690. The molecule has 3 aromatic rings. The molecule has 3 saturated heterocycles. The van der Waals surface area contributed by atoms with E-state index in [1.165, 1.54) is 4.90 Å². The normalized spacial score (nSPS) is 22.6. The Kier molecular flexibility index (Phi) is 12.0. The number of alkyl halides is 6. The molecule has 3 heterocycles. The van der Waals surface area contributed by atoms with Gasteiger partial charge in [0.15, 0.2) is 5.78 Å². The molecule has 3 aliphatic heterocycles. The van der Waals surface area contributed by atoms with Crippen molar-refractivity contribution in [2.24, 2.45) is 0 Å². The highest BCUT2D eigenvalue weighted by Gasteiger charge is 2.40. The molecule has 53 heavy (non-hydrogen) atoms. The molecular formula is C41H48F6N4O2. The lowest BCUT2D eigenvalue weighted by atomic mass is 9.90. The van der Waals surface area contributed by atoms with Crippen LogP contribution < -0.4 is 0 Å². The van der Waals surface area contributed by atoms with Crippen molar-refractivity contribution in [2.75, 3.05) is 52.4 Å². The molecule has 0 N–H and O–H groups in total. The number of ketones is 1. The summed E-state index contributed by atoms with van der Waals surface area (Å²) >= 11 is 0. The number of halogens is 6. The highest BCUT2D eigenvalue weighted by Crippen LogP contribution is 2.37. The van der Waals surface area contributed by atoms with Crippen molar-refractivity contribution in [1.82, 2.24) is 19.6 Å². The maximum atomic E-state index is 13.8. The molecule has 286 valence electrons. The van der Waals surface area contributed by atoms with Crippen LogP contribution in [-0.2, 0) is 30.0 Å². The fourth-order valence-corrected chi connectivity index (χ4v) is 8.60. The molecule has 6 rings (SSSR count). The van der Waals surface area contributed by atoms with E-state index >= 15 is 0 Å². The first-order chi connectivity index (χ1) is 25.1. The van der Waals surface area contributed by atoms with Crippen LogP contribution in [0.15, 0.2) is 66.7 Å². The molecule has 12 heteroatoms. The van der Waals surface area contributed by atoms with E-state index in [2.05, 4.69) is 32.9 Å². The molecule has 0 bridgehead atoms. The molecule has 0 spiro atoms. The summed E-state index contributed by atoms with van der Waals surface area (Å²) in [4.78, 5) is 35.6. The zero-order valence-electron chi connectivity index (χ0n) is 30.4. The zero-order chi connectivity index (χ0) is 37.9. The Balaban J connectivity index is 1.09. The van der Waals surface area contributed by atoms with Crippen molar-refractivity contribution in [3.05, 3.63) is 106 Å².